The molecule has 3 atom stereocenters. The molecule has 0 aromatic heterocycles. The maximum atomic E-state index is 13.0. The number of nitrogens with one attached hydrogen (secondary N) is 1. The van der Waals surface area contributed by atoms with E-state index in [0.29, 0.717) is 23.9 Å². The third-order valence-corrected chi connectivity index (χ3v) is 16.2. The second-order valence-electron chi connectivity index (χ2n) is 24.5. The smallest absolute Gasteiger partial charge is 0.268 e. The van der Waals surface area contributed by atoms with Gasteiger partial charge in [-0.2, -0.15) is 0 Å². The van der Waals surface area contributed by atoms with Crippen LogP contribution in [-0.4, -0.2) is 68.5 Å². The van der Waals surface area contributed by atoms with Crippen LogP contribution >= 0.6 is 7.82 Å². The molecule has 0 heterocycles. The summed E-state index contributed by atoms with van der Waals surface area (Å²) in [5, 5.41) is 14.0. The summed E-state index contributed by atoms with van der Waals surface area (Å²) in [6.45, 7) is 4.59. The van der Waals surface area contributed by atoms with E-state index in [1.165, 1.54) is 186 Å². The number of amides is 1. The van der Waals surface area contributed by atoms with Crippen LogP contribution in [-0.2, 0) is 18.4 Å². The summed E-state index contributed by atoms with van der Waals surface area (Å²) < 4.78 is 23.5. The van der Waals surface area contributed by atoms with Gasteiger partial charge in [0.1, 0.15) is 13.2 Å². The van der Waals surface area contributed by atoms with E-state index in [4.69, 9.17) is 9.05 Å². The van der Waals surface area contributed by atoms with Gasteiger partial charge in [-0.1, -0.05) is 329 Å². The highest BCUT2D eigenvalue weighted by Crippen LogP contribution is 2.38. The van der Waals surface area contributed by atoms with Gasteiger partial charge < -0.3 is 28.8 Å². The topological polar surface area (TPSA) is 108 Å². The average Bonchev–Trinajstić information content (AvgIpc) is 3.50. The minimum absolute atomic E-state index is 0.00432. The molecule has 0 aliphatic rings. The highest BCUT2D eigenvalue weighted by molar-refractivity contribution is 7.45. The Hall–Kier alpha value is -2.84. The molecule has 0 aromatic carbocycles. The van der Waals surface area contributed by atoms with Gasteiger partial charge in [-0.15, -0.1) is 0 Å². The zero-order chi connectivity index (χ0) is 60.5. The summed E-state index contributed by atoms with van der Waals surface area (Å²) in [4.78, 5) is 25.6. The zero-order valence-corrected chi connectivity index (χ0v) is 55.8. The number of likely N-dealkylation sites (N-methyl/N-ethyl adjacent to an activating group) is 1. The highest BCUT2D eigenvalue weighted by Gasteiger charge is 2.24. The first kappa shape index (κ1) is 80.2. The Morgan fingerprint density at radius 3 is 1.02 bits per heavy atom. The number of hydrogen-bond donors (Lipinski definition) is 2. The van der Waals surface area contributed by atoms with Gasteiger partial charge >= 0.3 is 0 Å². The zero-order valence-electron chi connectivity index (χ0n) is 54.9. The summed E-state index contributed by atoms with van der Waals surface area (Å²) >= 11 is 0. The van der Waals surface area contributed by atoms with Gasteiger partial charge in [0.25, 0.3) is 7.82 Å². The Kier molecular flexibility index (Phi) is 61.5. The van der Waals surface area contributed by atoms with Crippen molar-refractivity contribution in [1.29, 1.82) is 0 Å². The first-order chi connectivity index (χ1) is 40.5. The number of phosphoric ester groups is 1. The number of phosphoric acid groups is 1. The lowest BCUT2D eigenvalue weighted by Gasteiger charge is -2.30. The molecule has 0 radical (unpaired) electrons. The van der Waals surface area contributed by atoms with Gasteiger partial charge in [-0.3, -0.25) is 9.36 Å². The number of carbonyl (C=O) groups is 1. The maximum Gasteiger partial charge on any atom is 0.268 e. The fraction of sp³-hybridized carbons (Fsp3) is 0.743. The predicted octanol–water partition coefficient (Wildman–Crippen LogP) is 21.6. The number of rotatable bonds is 63. The van der Waals surface area contributed by atoms with Crippen LogP contribution in [0.5, 0.6) is 0 Å². The van der Waals surface area contributed by atoms with Crippen LogP contribution in [0, 0.1) is 0 Å². The molecule has 0 spiro atoms. The van der Waals surface area contributed by atoms with E-state index in [2.05, 4.69) is 129 Å². The van der Waals surface area contributed by atoms with Crippen LogP contribution in [0.25, 0.3) is 0 Å². The van der Waals surface area contributed by atoms with Crippen molar-refractivity contribution in [2.75, 3.05) is 40.9 Å². The van der Waals surface area contributed by atoms with Crippen LogP contribution in [0.1, 0.15) is 303 Å². The van der Waals surface area contributed by atoms with Gasteiger partial charge in [0, 0.05) is 6.42 Å². The van der Waals surface area contributed by atoms with Gasteiger partial charge in [0.15, 0.2) is 0 Å². The number of carbonyl (C=O) groups excluding carboxylic acids is 1. The first-order valence-electron chi connectivity index (χ1n) is 34.7. The molecular weight excluding hydrogens is 1040 g/mol. The summed E-state index contributed by atoms with van der Waals surface area (Å²) in [6, 6.07) is -0.842. The van der Waals surface area contributed by atoms with Crippen LogP contribution in [0.15, 0.2) is 109 Å². The monoisotopic (exact) mass is 1180 g/mol. The first-order valence-corrected chi connectivity index (χ1v) is 36.2. The van der Waals surface area contributed by atoms with Crippen molar-refractivity contribution in [2.45, 2.75) is 315 Å². The summed E-state index contributed by atoms with van der Waals surface area (Å²) in [5.74, 6) is -0.223. The molecule has 0 aliphatic carbocycles. The van der Waals surface area contributed by atoms with Crippen molar-refractivity contribution in [3.8, 4) is 0 Å². The normalized spacial score (nSPS) is 14.3. The highest BCUT2D eigenvalue weighted by atomic mass is 31.2. The average molecular weight is 1180 g/mol. The molecule has 0 saturated heterocycles. The lowest BCUT2D eigenvalue weighted by atomic mass is 10.0. The lowest BCUT2D eigenvalue weighted by molar-refractivity contribution is -0.870. The van der Waals surface area contributed by atoms with Crippen molar-refractivity contribution < 1.29 is 32.9 Å². The SMILES string of the molecule is CC/C=C\C/C=C\C/C=C\C/C=C\C/C=C\C/C=C\C/C=C\C/C=C\C/C=C\CCCC(=O)NC(COP(=O)([O-])OCC[N+](C)(C)C)C(O)CCCCCCCCCCCCCCCCCCCCCCCCCCCCCCCCCC. The predicted molar refractivity (Wildman–Crippen MR) is 362 cm³/mol. The van der Waals surface area contributed by atoms with Crippen LogP contribution in [0.3, 0.4) is 0 Å². The molecule has 2 N–H and O–H groups in total. The second kappa shape index (κ2) is 63.7. The maximum absolute atomic E-state index is 13.0. The molecule has 0 aliphatic heterocycles. The van der Waals surface area contributed by atoms with Gasteiger partial charge in [-0.05, 0) is 77.0 Å². The van der Waals surface area contributed by atoms with Crippen molar-refractivity contribution in [2.24, 2.45) is 0 Å². The molecule has 8 nitrogen and oxygen atoms in total. The Balaban J connectivity index is 4.16. The second-order valence-corrected chi connectivity index (χ2v) is 25.9. The Bertz CT molecular complexity index is 1720. The lowest BCUT2D eigenvalue weighted by Crippen LogP contribution is -2.46. The van der Waals surface area contributed by atoms with Crippen molar-refractivity contribution in [3.63, 3.8) is 0 Å². The molecular formula is C74H133N2O6P. The van der Waals surface area contributed by atoms with Crippen LogP contribution in [0.4, 0.5) is 0 Å². The number of hydrogen-bond acceptors (Lipinski definition) is 6. The number of unbranched alkanes of at least 4 members (excludes halogenated alkanes) is 32. The quantitative estimate of drug-likeness (QED) is 0.0272. The molecule has 1 amide bonds. The fourth-order valence-electron chi connectivity index (χ4n) is 9.93. The molecule has 9 heteroatoms. The van der Waals surface area contributed by atoms with Gasteiger partial charge in [-0.25, -0.2) is 0 Å². The fourth-order valence-corrected chi connectivity index (χ4v) is 10.7. The van der Waals surface area contributed by atoms with E-state index in [1.807, 2.05) is 21.1 Å². The molecule has 0 rings (SSSR count). The van der Waals surface area contributed by atoms with Crippen LogP contribution < -0.4 is 10.2 Å². The third kappa shape index (κ3) is 66.5. The van der Waals surface area contributed by atoms with Crippen molar-refractivity contribution >= 4 is 13.7 Å². The third-order valence-electron chi connectivity index (χ3n) is 15.3. The molecule has 0 bridgehead atoms. The Labute approximate surface area is 514 Å². The van der Waals surface area contributed by atoms with E-state index in [9.17, 15) is 19.4 Å². The summed E-state index contributed by atoms with van der Waals surface area (Å²) in [7, 11) is 1.26. The number of aliphatic hydroxyl groups excluding tert-OH is 1. The number of quaternary nitrogens is 1. The molecule has 83 heavy (non-hydrogen) atoms. The van der Waals surface area contributed by atoms with E-state index in [-0.39, 0.29) is 25.5 Å². The largest absolute Gasteiger partial charge is 0.756 e. The number of aliphatic hydroxyl groups is 1. The van der Waals surface area contributed by atoms with Crippen molar-refractivity contribution in [3.05, 3.63) is 109 Å². The number of nitrogens with zero attached hydrogens (tertiary/aromatic N) is 1. The van der Waals surface area contributed by atoms with Gasteiger partial charge in [0.05, 0.1) is 39.9 Å². The van der Waals surface area contributed by atoms with E-state index >= 15 is 0 Å². The van der Waals surface area contributed by atoms with E-state index in [0.717, 1.165) is 83.5 Å². The number of allylic oxidation sites excluding steroid dienone is 18. The van der Waals surface area contributed by atoms with Crippen LogP contribution in [0.2, 0.25) is 0 Å². The van der Waals surface area contributed by atoms with E-state index < -0.39 is 20.0 Å². The minimum atomic E-state index is -4.61. The van der Waals surface area contributed by atoms with Gasteiger partial charge in [0.2, 0.25) is 5.91 Å². The molecule has 480 valence electrons. The molecule has 3 unspecified atom stereocenters. The Morgan fingerprint density at radius 2 is 0.723 bits per heavy atom. The summed E-state index contributed by atoms with van der Waals surface area (Å²) in [6.07, 6.45) is 93.2. The Morgan fingerprint density at radius 1 is 0.434 bits per heavy atom. The molecule has 0 aromatic rings. The molecule has 0 saturated carbocycles. The van der Waals surface area contributed by atoms with Crippen molar-refractivity contribution in [1.82, 2.24) is 5.32 Å². The van der Waals surface area contributed by atoms with E-state index in [1.54, 1.807) is 0 Å². The molecule has 0 fully saturated rings. The minimum Gasteiger partial charge on any atom is -0.756 e. The standard InChI is InChI=1S/C74H133N2O6P/c1-6-8-10-12-14-16-18-20-22-24-26-28-30-32-34-36-37-38-40-41-43-45-47-49-51-53-55-57-59-61-63-65-67-73(77)72(71-82-83(79,80)81-70-69-76(3,4)5)75-74(78)68-66-64-62-60-58-56-54-52-50-48-46-44-42-39-35-33-31-29-27-25-23-21-19-17-15-13-11-9-7-2/h9,11,15,17,21,23,27,29,33,35,42,44,48,50,54,56,60,62,72-73,77H,6-8,10,12-14,16,18-20,22,24-26,28,30-32,34,36-41,43,45-47,49,51-53,55,57-59,61,63-71H2,1-5H3,(H-,75,78,79,80)/b11-9-,17-15-,23-21-,29-27-,35-33-,44-42-,50-48-,56-54-,62-60-. The summed E-state index contributed by atoms with van der Waals surface area (Å²) in [5.41, 5.74) is 0.